The molecule has 2 spiro atoms. The van der Waals surface area contributed by atoms with E-state index in [1.807, 2.05) is 13.8 Å². The highest BCUT2D eigenvalue weighted by Crippen LogP contribution is 2.70. The SMILES string of the molecule is CCOC(=O)C[C@H]1OC(C)(C)C2=C1C[C@@]13CC[C@]4(C)C(=O)[C@@](C)(O)[C@@H]5[C@H]6OC(=O)[C@](C)(O)[C@H]6O[C@](O1)(C(=O)[C@@H]3[C@@H](O)C2)[C@@H]54. The smallest absolute Gasteiger partial charge is 0.341 e. The third-order valence-electron chi connectivity index (χ3n) is 11.7. The molecule has 0 radical (unpaired) electrons. The fourth-order valence-electron chi connectivity index (χ4n) is 9.94. The highest BCUT2D eigenvalue weighted by molar-refractivity contribution is 6.00. The van der Waals surface area contributed by atoms with Gasteiger partial charge in [-0.2, -0.15) is 0 Å². The Morgan fingerprint density at radius 3 is 2.40 bits per heavy atom. The van der Waals surface area contributed by atoms with Crippen molar-refractivity contribution in [3.05, 3.63) is 11.1 Å². The summed E-state index contributed by atoms with van der Waals surface area (Å²) in [5.41, 5.74) is -6.15. The fourth-order valence-corrected chi connectivity index (χ4v) is 9.94. The first-order valence-corrected chi connectivity index (χ1v) is 15.2. The normalized spacial score (nSPS) is 52.6. The number of aliphatic hydroxyl groups is 3. The van der Waals surface area contributed by atoms with Crippen LogP contribution < -0.4 is 0 Å². The second-order valence-corrected chi connectivity index (χ2v) is 14.7. The van der Waals surface area contributed by atoms with Crippen LogP contribution in [0, 0.1) is 23.2 Å². The molecule has 0 aromatic rings. The average Bonchev–Trinajstić information content (AvgIpc) is 3.35. The molecule has 0 aromatic heterocycles. The molecule has 2 aliphatic carbocycles. The maximum absolute atomic E-state index is 14.8. The Morgan fingerprint density at radius 2 is 1.72 bits per heavy atom. The van der Waals surface area contributed by atoms with Gasteiger partial charge < -0.3 is 39.0 Å². The van der Waals surface area contributed by atoms with E-state index in [9.17, 15) is 34.5 Å². The van der Waals surface area contributed by atoms with E-state index in [0.29, 0.717) is 0 Å². The van der Waals surface area contributed by atoms with Crippen molar-refractivity contribution < 1.29 is 58.2 Å². The number of Topliss-reactive ketones (excluding diaryl/α,β-unsaturated/α-hetero) is 2. The molecule has 3 N–H and O–H groups in total. The molecule has 2 bridgehead atoms. The summed E-state index contributed by atoms with van der Waals surface area (Å²) in [6.07, 6.45) is -3.98. The Hall–Kier alpha value is -2.22. The molecule has 5 fully saturated rings. The zero-order valence-electron chi connectivity index (χ0n) is 25.3. The van der Waals surface area contributed by atoms with Gasteiger partial charge in [-0.3, -0.25) is 14.4 Å². The maximum Gasteiger partial charge on any atom is 0.341 e. The van der Waals surface area contributed by atoms with Gasteiger partial charge in [-0.05, 0) is 65.0 Å². The van der Waals surface area contributed by atoms with E-state index in [4.69, 9.17) is 23.7 Å². The molecule has 1 saturated carbocycles. The molecule has 12 atom stereocenters. The van der Waals surface area contributed by atoms with Crippen LogP contribution in [0.4, 0.5) is 0 Å². The third-order valence-corrected chi connectivity index (χ3v) is 11.7. The van der Waals surface area contributed by atoms with Gasteiger partial charge in [0, 0.05) is 23.7 Å². The largest absolute Gasteiger partial charge is 0.466 e. The molecular weight excluding hydrogens is 564 g/mol. The van der Waals surface area contributed by atoms with Crippen molar-refractivity contribution in [2.75, 3.05) is 6.61 Å². The Kier molecular flexibility index (Phi) is 5.85. The van der Waals surface area contributed by atoms with Gasteiger partial charge in [-0.15, -0.1) is 0 Å². The van der Waals surface area contributed by atoms with Crippen molar-refractivity contribution in [3.8, 4) is 0 Å². The molecular formula is C31H40O12. The van der Waals surface area contributed by atoms with Crippen LogP contribution in [0.5, 0.6) is 0 Å². The summed E-state index contributed by atoms with van der Waals surface area (Å²) in [6.45, 7) is 9.90. The predicted molar refractivity (Wildman–Crippen MR) is 143 cm³/mol. The summed E-state index contributed by atoms with van der Waals surface area (Å²) in [5, 5.41) is 34.7. The second-order valence-electron chi connectivity index (χ2n) is 14.7. The Balaban J connectivity index is 1.39. The monoisotopic (exact) mass is 604 g/mol. The second kappa shape index (κ2) is 8.52. The van der Waals surface area contributed by atoms with Gasteiger partial charge in [0.1, 0.15) is 17.8 Å². The first-order valence-electron chi connectivity index (χ1n) is 15.2. The lowest BCUT2D eigenvalue weighted by Crippen LogP contribution is -2.67. The number of esters is 2. The first kappa shape index (κ1) is 29.5. The quantitative estimate of drug-likeness (QED) is 0.304. The number of hydrogen-bond acceptors (Lipinski definition) is 12. The highest BCUT2D eigenvalue weighted by atomic mass is 16.7. The van der Waals surface area contributed by atoms with Crippen LogP contribution in [-0.4, -0.2) is 98.0 Å². The molecule has 7 aliphatic rings. The predicted octanol–water partition coefficient (Wildman–Crippen LogP) is 0.660. The van der Waals surface area contributed by atoms with E-state index < -0.39 is 99.3 Å². The van der Waals surface area contributed by atoms with Crippen LogP contribution in [0.3, 0.4) is 0 Å². The van der Waals surface area contributed by atoms with Crippen molar-refractivity contribution in [1.82, 2.24) is 0 Å². The third kappa shape index (κ3) is 3.42. The van der Waals surface area contributed by atoms with Crippen LogP contribution in [-0.2, 0) is 42.9 Å². The Morgan fingerprint density at radius 1 is 1.02 bits per heavy atom. The van der Waals surface area contributed by atoms with Gasteiger partial charge in [0.05, 0.1) is 42.4 Å². The summed E-state index contributed by atoms with van der Waals surface area (Å²) in [7, 11) is 0. The molecule has 236 valence electrons. The maximum atomic E-state index is 14.8. The molecule has 0 aromatic carbocycles. The number of carbonyl (C=O) groups excluding carboxylic acids is 4. The lowest BCUT2D eigenvalue weighted by atomic mass is 9.60. The van der Waals surface area contributed by atoms with Gasteiger partial charge in [0.15, 0.2) is 11.4 Å². The van der Waals surface area contributed by atoms with Gasteiger partial charge >= 0.3 is 11.9 Å². The van der Waals surface area contributed by atoms with Gasteiger partial charge in [-0.25, -0.2) is 4.79 Å². The summed E-state index contributed by atoms with van der Waals surface area (Å²) in [4.78, 5) is 54.3. The number of rotatable bonds is 3. The minimum absolute atomic E-state index is 0.0572. The zero-order valence-corrected chi connectivity index (χ0v) is 25.3. The van der Waals surface area contributed by atoms with E-state index in [2.05, 4.69) is 0 Å². The van der Waals surface area contributed by atoms with Gasteiger partial charge in [-0.1, -0.05) is 6.92 Å². The van der Waals surface area contributed by atoms with Gasteiger partial charge in [0.25, 0.3) is 0 Å². The number of aliphatic hydroxyl groups excluding tert-OH is 1. The summed E-state index contributed by atoms with van der Waals surface area (Å²) >= 11 is 0. The van der Waals surface area contributed by atoms with Crippen LogP contribution >= 0.6 is 0 Å². The van der Waals surface area contributed by atoms with Crippen molar-refractivity contribution in [3.63, 3.8) is 0 Å². The van der Waals surface area contributed by atoms with E-state index in [0.717, 1.165) is 11.1 Å². The number of carbonyl (C=O) groups is 4. The fraction of sp³-hybridized carbons (Fsp3) is 0.806. The summed E-state index contributed by atoms with van der Waals surface area (Å²) < 4.78 is 30.4. The summed E-state index contributed by atoms with van der Waals surface area (Å²) in [6, 6.07) is 0. The Bertz CT molecular complexity index is 1380. The van der Waals surface area contributed by atoms with E-state index in [1.54, 1.807) is 13.8 Å². The van der Waals surface area contributed by atoms with E-state index in [1.165, 1.54) is 13.8 Å². The molecule has 7 rings (SSSR count). The molecule has 12 nitrogen and oxygen atoms in total. The molecule has 0 unspecified atom stereocenters. The first-order chi connectivity index (χ1) is 19.9. The van der Waals surface area contributed by atoms with Crippen LogP contribution in [0.15, 0.2) is 11.1 Å². The van der Waals surface area contributed by atoms with Crippen molar-refractivity contribution in [2.45, 2.75) is 126 Å². The highest BCUT2D eigenvalue weighted by Gasteiger charge is 2.85. The molecule has 12 heteroatoms. The number of hydrogen-bond donors (Lipinski definition) is 3. The van der Waals surface area contributed by atoms with Crippen LogP contribution in [0.1, 0.15) is 73.6 Å². The van der Waals surface area contributed by atoms with Gasteiger partial charge in [0.2, 0.25) is 11.6 Å². The lowest BCUT2D eigenvalue weighted by molar-refractivity contribution is -0.341. The standard InChI is InChI=1S/C31H40O12/c1-7-39-17(33)11-16-13-12-30-9-8-27(4)21-19(28(5,37)24(27)35)20-23(29(6,38)25(36)40-20)42-31(21,43-30)22(34)18(30)15(32)10-14(13)26(2,3)41-16/h15-16,18-21,23,32,37-38H,7-12H2,1-6H3/t15-,16+,18-,19+,20+,21-,23-,27-,28-,29+,30+,31+/m0/s1. The number of ether oxygens (including phenoxy) is 5. The van der Waals surface area contributed by atoms with Crippen molar-refractivity contribution in [1.29, 1.82) is 0 Å². The zero-order chi connectivity index (χ0) is 31.3. The summed E-state index contributed by atoms with van der Waals surface area (Å²) in [5.74, 6) is -7.92. The number of ketones is 2. The van der Waals surface area contributed by atoms with Crippen LogP contribution in [0.25, 0.3) is 0 Å². The molecule has 4 saturated heterocycles. The number of fused-ring (bicyclic) bond motifs is 2. The molecule has 0 amide bonds. The minimum atomic E-state index is -2.18. The van der Waals surface area contributed by atoms with Crippen molar-refractivity contribution >= 4 is 23.5 Å². The molecule has 5 heterocycles. The Labute approximate surface area is 249 Å². The van der Waals surface area contributed by atoms with Crippen LogP contribution in [0.2, 0.25) is 0 Å². The molecule has 43 heavy (non-hydrogen) atoms. The van der Waals surface area contributed by atoms with E-state index >= 15 is 0 Å². The minimum Gasteiger partial charge on any atom is -0.466 e. The average molecular weight is 605 g/mol. The van der Waals surface area contributed by atoms with E-state index in [-0.39, 0.29) is 38.7 Å². The van der Waals surface area contributed by atoms with Crippen molar-refractivity contribution in [2.24, 2.45) is 23.2 Å². The molecule has 5 aliphatic heterocycles. The topological polar surface area (TPSA) is 175 Å². The lowest BCUT2D eigenvalue weighted by Gasteiger charge is -2.50.